The van der Waals surface area contributed by atoms with Crippen molar-refractivity contribution in [2.45, 2.75) is 6.18 Å². The number of alkyl halides is 3. The van der Waals surface area contributed by atoms with Crippen molar-refractivity contribution in [3.63, 3.8) is 0 Å². The Morgan fingerprint density at radius 1 is 1.17 bits per heavy atom. The molecule has 0 bridgehead atoms. The molecule has 18 heavy (non-hydrogen) atoms. The minimum atomic E-state index is -4.60. The normalized spacial score (nSPS) is 10.8. The Morgan fingerprint density at radius 2 is 1.78 bits per heavy atom. The molecule has 0 aliphatic carbocycles. The van der Waals surface area contributed by atoms with Gasteiger partial charge < -0.3 is 15.7 Å². The molecule has 8 heteroatoms. The fraction of sp³-hybridized carbons (Fsp3) is 0.100. The van der Waals surface area contributed by atoms with Crippen molar-refractivity contribution >= 4 is 5.82 Å². The van der Waals surface area contributed by atoms with E-state index in [9.17, 15) is 13.2 Å². The van der Waals surface area contributed by atoms with Gasteiger partial charge >= 0.3 is 6.18 Å². The van der Waals surface area contributed by atoms with Gasteiger partial charge in [-0.1, -0.05) is 6.20 Å². The van der Waals surface area contributed by atoms with Crippen LogP contribution in [0.4, 0.5) is 19.0 Å². The third-order valence-electron chi connectivity index (χ3n) is 1.98. The second kappa shape index (κ2) is 5.71. The average molecular weight is 328 g/mol. The van der Waals surface area contributed by atoms with Crippen molar-refractivity contribution in [2.75, 3.05) is 5.73 Å². The van der Waals surface area contributed by atoms with Crippen molar-refractivity contribution in [2.24, 2.45) is 0 Å². The minimum absolute atomic E-state index is 0. The number of hydrogen-bond acceptors (Lipinski definition) is 4. The van der Waals surface area contributed by atoms with Gasteiger partial charge in [0, 0.05) is 62.3 Å². The zero-order valence-electron chi connectivity index (χ0n) is 8.94. The van der Waals surface area contributed by atoms with Crippen LogP contribution in [-0.2, 0) is 38.9 Å². The van der Waals surface area contributed by atoms with E-state index in [0.29, 0.717) is 5.56 Å². The minimum Gasteiger partial charge on any atom is -0.434 e. The molecule has 0 atom stereocenters. The SMILES string of the molecule is Nc1nc(-c2ccncc2)n[c-]c1C(F)(F)F.[Y]. The molecule has 2 rings (SSSR count). The Kier molecular flexibility index (Phi) is 4.75. The number of pyridine rings is 1. The van der Waals surface area contributed by atoms with Crippen molar-refractivity contribution in [1.29, 1.82) is 0 Å². The smallest absolute Gasteiger partial charge is 0.399 e. The molecular weight excluding hydrogens is 322 g/mol. The predicted octanol–water partition coefficient (Wildman–Crippen LogP) is 1.94. The number of nitrogens with two attached hydrogens (primary N) is 1. The maximum Gasteiger partial charge on any atom is 0.399 e. The Labute approximate surface area is 126 Å². The van der Waals surface area contributed by atoms with Gasteiger partial charge in [-0.25, -0.2) is 0 Å². The monoisotopic (exact) mass is 328 g/mol. The van der Waals surface area contributed by atoms with Crippen molar-refractivity contribution in [3.05, 3.63) is 36.3 Å². The maximum absolute atomic E-state index is 12.4. The number of anilines is 1. The summed E-state index contributed by atoms with van der Waals surface area (Å²) >= 11 is 0. The van der Waals surface area contributed by atoms with E-state index in [2.05, 4.69) is 15.0 Å². The zero-order valence-corrected chi connectivity index (χ0v) is 11.8. The van der Waals surface area contributed by atoms with Crippen LogP contribution in [0.3, 0.4) is 0 Å². The Hall–Kier alpha value is -1.08. The van der Waals surface area contributed by atoms with Crippen LogP contribution in [0.1, 0.15) is 5.56 Å². The second-order valence-corrected chi connectivity index (χ2v) is 3.15. The van der Waals surface area contributed by atoms with E-state index < -0.39 is 17.6 Å². The van der Waals surface area contributed by atoms with Crippen LogP contribution < -0.4 is 5.73 Å². The third kappa shape index (κ3) is 3.23. The molecule has 0 spiro atoms. The number of nitrogen functional groups attached to an aromatic ring is 1. The fourth-order valence-electron chi connectivity index (χ4n) is 1.20. The molecule has 2 aromatic heterocycles. The summed E-state index contributed by atoms with van der Waals surface area (Å²) in [5.41, 5.74) is 4.59. The molecule has 2 aromatic rings. The second-order valence-electron chi connectivity index (χ2n) is 3.15. The molecule has 2 heterocycles. The van der Waals surface area contributed by atoms with Gasteiger partial charge in [0.2, 0.25) is 0 Å². The van der Waals surface area contributed by atoms with E-state index in [0.717, 1.165) is 0 Å². The maximum atomic E-state index is 12.4. The van der Waals surface area contributed by atoms with Gasteiger partial charge in [0.1, 0.15) is 0 Å². The Morgan fingerprint density at radius 3 is 2.28 bits per heavy atom. The van der Waals surface area contributed by atoms with Gasteiger partial charge in [-0.15, -0.1) is 0 Å². The van der Waals surface area contributed by atoms with Gasteiger partial charge in [-0.05, 0) is 17.7 Å². The Balaban J connectivity index is 0.00000162. The molecular formula is C10H6F3N4Y-. The van der Waals surface area contributed by atoms with Crippen LogP contribution in [-0.4, -0.2) is 15.0 Å². The van der Waals surface area contributed by atoms with Crippen molar-refractivity contribution in [1.82, 2.24) is 15.0 Å². The predicted molar refractivity (Wildman–Crippen MR) is 53.5 cm³/mol. The van der Waals surface area contributed by atoms with E-state index in [1.807, 2.05) is 6.20 Å². The van der Waals surface area contributed by atoms with E-state index in [4.69, 9.17) is 5.73 Å². The van der Waals surface area contributed by atoms with Crippen molar-refractivity contribution < 1.29 is 45.9 Å². The van der Waals surface area contributed by atoms with E-state index in [1.165, 1.54) is 12.4 Å². The van der Waals surface area contributed by atoms with Gasteiger partial charge in [0.25, 0.3) is 0 Å². The number of rotatable bonds is 1. The molecule has 0 amide bonds. The van der Waals surface area contributed by atoms with Gasteiger partial charge in [0.05, 0.1) is 0 Å². The van der Waals surface area contributed by atoms with Gasteiger partial charge in [-0.3, -0.25) is 4.98 Å². The van der Waals surface area contributed by atoms with Crippen LogP contribution >= 0.6 is 0 Å². The summed E-state index contributed by atoms with van der Waals surface area (Å²) in [6, 6.07) is 3.13. The largest absolute Gasteiger partial charge is 0.434 e. The van der Waals surface area contributed by atoms with E-state index in [-0.39, 0.29) is 38.5 Å². The number of halogens is 3. The summed E-state index contributed by atoms with van der Waals surface area (Å²) in [7, 11) is 0. The van der Waals surface area contributed by atoms with E-state index >= 15 is 0 Å². The first-order valence-electron chi connectivity index (χ1n) is 4.51. The first-order valence-corrected chi connectivity index (χ1v) is 4.51. The van der Waals surface area contributed by atoms with Crippen LogP contribution in [0, 0.1) is 6.20 Å². The van der Waals surface area contributed by atoms with Gasteiger partial charge in [0.15, 0.2) is 0 Å². The number of nitrogens with zero attached hydrogens (tertiary/aromatic N) is 3. The molecule has 0 saturated heterocycles. The molecule has 0 aliphatic heterocycles. The average Bonchev–Trinajstić information content (AvgIpc) is 2.28. The summed E-state index contributed by atoms with van der Waals surface area (Å²) in [5, 5.41) is 0. The number of hydrogen-bond donors (Lipinski definition) is 1. The number of aromatic nitrogens is 3. The van der Waals surface area contributed by atoms with Crippen LogP contribution in [0.5, 0.6) is 0 Å². The molecule has 0 aromatic carbocycles. The van der Waals surface area contributed by atoms with Crippen molar-refractivity contribution in [3.8, 4) is 11.4 Å². The summed E-state index contributed by atoms with van der Waals surface area (Å²) in [4.78, 5) is 10.9. The summed E-state index contributed by atoms with van der Waals surface area (Å²) in [5.74, 6) is -0.558. The molecule has 0 aliphatic rings. The van der Waals surface area contributed by atoms with Crippen LogP contribution in [0.25, 0.3) is 11.4 Å². The molecule has 1 radical (unpaired) electrons. The summed E-state index contributed by atoms with van der Waals surface area (Å²) in [6.45, 7) is 0. The summed E-state index contributed by atoms with van der Waals surface area (Å²) in [6.07, 6.45) is 0.222. The first-order chi connectivity index (χ1) is 7.98. The zero-order chi connectivity index (χ0) is 12.5. The molecule has 91 valence electrons. The topological polar surface area (TPSA) is 64.7 Å². The molecule has 4 nitrogen and oxygen atoms in total. The fourth-order valence-corrected chi connectivity index (χ4v) is 1.20. The standard InChI is InChI=1S/C10H6F3N4.Y/c11-10(12,13)7-5-16-9(17-8(7)14)6-1-3-15-4-2-6;/h1-4H,(H2,14,16,17);/q-1;. The quantitative estimate of drug-likeness (QED) is 0.813. The molecule has 2 N–H and O–H groups in total. The van der Waals surface area contributed by atoms with E-state index in [1.54, 1.807) is 12.1 Å². The molecule has 0 unspecified atom stereocenters. The molecule has 0 saturated carbocycles. The third-order valence-corrected chi connectivity index (χ3v) is 1.98. The Bertz CT molecular complexity index is 530. The first kappa shape index (κ1) is 15.0. The summed E-state index contributed by atoms with van der Waals surface area (Å²) < 4.78 is 37.1. The molecule has 0 fully saturated rings. The van der Waals surface area contributed by atoms with Gasteiger partial charge in [-0.2, -0.15) is 13.2 Å². The van der Waals surface area contributed by atoms with Crippen LogP contribution in [0.15, 0.2) is 24.5 Å². The van der Waals surface area contributed by atoms with Crippen LogP contribution in [0.2, 0.25) is 0 Å².